The normalized spacial score (nSPS) is 12.0. The van der Waals surface area contributed by atoms with Crippen molar-refractivity contribution in [2.24, 2.45) is 5.41 Å². The first-order valence-corrected chi connectivity index (χ1v) is 9.32. The van der Waals surface area contributed by atoms with E-state index in [1.165, 1.54) is 32.0 Å². The van der Waals surface area contributed by atoms with E-state index in [1.54, 1.807) is 45.0 Å². The fourth-order valence-electron chi connectivity index (χ4n) is 2.54. The maximum Gasteiger partial charge on any atom is 0.338 e. The number of nitrogens with zero attached hydrogens (tertiary/aromatic N) is 1. The summed E-state index contributed by atoms with van der Waals surface area (Å²) in [6.07, 6.45) is -1.05. The molecule has 0 aliphatic carbocycles. The molecule has 1 amide bonds. The van der Waals surface area contributed by atoms with E-state index < -0.39 is 28.2 Å². The molecule has 0 aliphatic heterocycles. The highest BCUT2D eigenvalue weighted by Gasteiger charge is 2.23. The monoisotopic (exact) mass is 412 g/mol. The second-order valence-electron chi connectivity index (χ2n) is 7.95. The van der Waals surface area contributed by atoms with Gasteiger partial charge in [-0.15, -0.1) is 0 Å². The summed E-state index contributed by atoms with van der Waals surface area (Å²) >= 11 is 0. The highest BCUT2D eigenvalue weighted by atomic mass is 16.6. The van der Waals surface area contributed by atoms with E-state index in [-0.39, 0.29) is 17.2 Å². The van der Waals surface area contributed by atoms with Gasteiger partial charge in [0, 0.05) is 28.3 Å². The SMILES string of the molecule is Cc1cc(C(=O)O[C@H](C)C(=O)c2ccc(NC(=O)C(C)(C)C)cc2)ccc1[N+](=O)[O-]. The van der Waals surface area contributed by atoms with Crippen LogP contribution in [0.2, 0.25) is 0 Å². The van der Waals surface area contributed by atoms with Crippen molar-refractivity contribution in [3.05, 3.63) is 69.3 Å². The zero-order valence-electron chi connectivity index (χ0n) is 17.5. The molecule has 0 aromatic heterocycles. The molecule has 0 fully saturated rings. The van der Waals surface area contributed by atoms with Crippen molar-refractivity contribution in [2.45, 2.75) is 40.7 Å². The van der Waals surface area contributed by atoms with Gasteiger partial charge in [0.1, 0.15) is 0 Å². The van der Waals surface area contributed by atoms with Gasteiger partial charge in [0.15, 0.2) is 6.10 Å². The third-order valence-electron chi connectivity index (χ3n) is 4.39. The zero-order chi connectivity index (χ0) is 22.6. The lowest BCUT2D eigenvalue weighted by molar-refractivity contribution is -0.385. The Morgan fingerprint density at radius 1 is 1.03 bits per heavy atom. The number of amides is 1. The molecule has 8 nitrogen and oxygen atoms in total. The molecule has 0 saturated carbocycles. The molecule has 1 atom stereocenters. The number of hydrogen-bond donors (Lipinski definition) is 1. The third-order valence-corrected chi connectivity index (χ3v) is 4.39. The Hall–Kier alpha value is -3.55. The Morgan fingerprint density at radius 2 is 1.60 bits per heavy atom. The molecule has 0 radical (unpaired) electrons. The summed E-state index contributed by atoms with van der Waals surface area (Å²) in [5, 5.41) is 13.6. The van der Waals surface area contributed by atoms with Gasteiger partial charge in [-0.25, -0.2) is 4.79 Å². The van der Waals surface area contributed by atoms with Crippen molar-refractivity contribution in [3.63, 3.8) is 0 Å². The molecule has 158 valence electrons. The van der Waals surface area contributed by atoms with Gasteiger partial charge in [-0.3, -0.25) is 19.7 Å². The third kappa shape index (κ3) is 5.50. The first-order valence-electron chi connectivity index (χ1n) is 9.32. The summed E-state index contributed by atoms with van der Waals surface area (Å²) in [5.41, 5.74) is 0.669. The minimum Gasteiger partial charge on any atom is -0.451 e. The predicted octanol–water partition coefficient (Wildman–Crippen LogP) is 4.32. The topological polar surface area (TPSA) is 116 Å². The van der Waals surface area contributed by atoms with E-state index in [0.717, 1.165) is 0 Å². The van der Waals surface area contributed by atoms with Gasteiger partial charge in [-0.2, -0.15) is 0 Å². The van der Waals surface area contributed by atoms with Gasteiger partial charge < -0.3 is 10.1 Å². The van der Waals surface area contributed by atoms with Crippen molar-refractivity contribution >= 4 is 29.0 Å². The van der Waals surface area contributed by atoms with Crippen LogP contribution in [0.4, 0.5) is 11.4 Å². The van der Waals surface area contributed by atoms with Crippen LogP contribution in [-0.4, -0.2) is 28.7 Å². The quantitative estimate of drug-likeness (QED) is 0.327. The molecule has 0 aliphatic rings. The zero-order valence-corrected chi connectivity index (χ0v) is 17.5. The second kappa shape index (κ2) is 8.86. The number of nitro benzene ring substituents is 1. The Balaban J connectivity index is 2.05. The Labute approximate surface area is 174 Å². The maximum absolute atomic E-state index is 12.6. The number of ketones is 1. The van der Waals surface area contributed by atoms with Crippen molar-refractivity contribution < 1.29 is 24.0 Å². The van der Waals surface area contributed by atoms with E-state index in [2.05, 4.69) is 5.32 Å². The number of anilines is 1. The molecule has 8 heteroatoms. The Kier molecular flexibility index (Phi) is 6.71. The van der Waals surface area contributed by atoms with E-state index in [0.29, 0.717) is 16.8 Å². The van der Waals surface area contributed by atoms with Crippen LogP contribution in [0.15, 0.2) is 42.5 Å². The smallest absolute Gasteiger partial charge is 0.338 e. The number of rotatable bonds is 6. The summed E-state index contributed by atoms with van der Waals surface area (Å²) in [7, 11) is 0. The number of carbonyl (C=O) groups is 3. The molecule has 0 heterocycles. The van der Waals surface area contributed by atoms with E-state index >= 15 is 0 Å². The highest BCUT2D eigenvalue weighted by molar-refractivity contribution is 6.02. The summed E-state index contributed by atoms with van der Waals surface area (Å²) in [4.78, 5) is 47.2. The van der Waals surface area contributed by atoms with Crippen LogP contribution in [0.5, 0.6) is 0 Å². The van der Waals surface area contributed by atoms with E-state index in [9.17, 15) is 24.5 Å². The molecule has 1 N–H and O–H groups in total. The number of ether oxygens (including phenoxy) is 1. The van der Waals surface area contributed by atoms with Crippen LogP contribution in [0.3, 0.4) is 0 Å². The highest BCUT2D eigenvalue weighted by Crippen LogP contribution is 2.21. The standard InChI is InChI=1S/C22H24N2O6/c1-13-12-16(8-11-18(13)24(28)29)20(26)30-14(2)19(25)15-6-9-17(10-7-15)23-21(27)22(3,4)5/h6-12,14H,1-5H3,(H,23,27)/t14-/m1/s1. The molecule has 30 heavy (non-hydrogen) atoms. The van der Waals surface area contributed by atoms with Crippen LogP contribution >= 0.6 is 0 Å². The van der Waals surface area contributed by atoms with Crippen LogP contribution in [0.25, 0.3) is 0 Å². The van der Waals surface area contributed by atoms with Crippen molar-refractivity contribution in [2.75, 3.05) is 5.32 Å². The molecular weight excluding hydrogens is 388 g/mol. The van der Waals surface area contributed by atoms with Crippen molar-refractivity contribution in [1.29, 1.82) is 0 Å². The van der Waals surface area contributed by atoms with Gasteiger partial charge >= 0.3 is 5.97 Å². The molecular formula is C22H24N2O6. The van der Waals surface area contributed by atoms with Gasteiger partial charge in [-0.05, 0) is 50.2 Å². The van der Waals surface area contributed by atoms with Crippen LogP contribution < -0.4 is 5.32 Å². The van der Waals surface area contributed by atoms with Crippen LogP contribution in [0, 0.1) is 22.5 Å². The van der Waals surface area contributed by atoms with Crippen molar-refractivity contribution in [1.82, 2.24) is 0 Å². The van der Waals surface area contributed by atoms with Crippen molar-refractivity contribution in [3.8, 4) is 0 Å². The lowest BCUT2D eigenvalue weighted by atomic mass is 9.95. The summed E-state index contributed by atoms with van der Waals surface area (Å²) < 4.78 is 5.22. The molecule has 0 spiro atoms. The van der Waals surface area contributed by atoms with Gasteiger partial charge in [0.2, 0.25) is 11.7 Å². The van der Waals surface area contributed by atoms with Crippen LogP contribution in [-0.2, 0) is 9.53 Å². The van der Waals surface area contributed by atoms with Gasteiger partial charge in [-0.1, -0.05) is 20.8 Å². The molecule has 0 saturated heterocycles. The number of esters is 1. The number of nitrogens with one attached hydrogen (secondary N) is 1. The second-order valence-corrected chi connectivity index (χ2v) is 7.95. The minimum atomic E-state index is -1.05. The number of Topliss-reactive ketones (excluding diaryl/α,β-unsaturated/α-hetero) is 1. The van der Waals surface area contributed by atoms with E-state index in [4.69, 9.17) is 4.74 Å². The van der Waals surface area contributed by atoms with Gasteiger partial charge in [0.05, 0.1) is 10.5 Å². The lowest BCUT2D eigenvalue weighted by Crippen LogP contribution is -2.27. The molecule has 2 rings (SSSR count). The first-order chi connectivity index (χ1) is 13.9. The average molecular weight is 412 g/mol. The number of hydrogen-bond acceptors (Lipinski definition) is 6. The number of carbonyl (C=O) groups excluding carboxylic acids is 3. The lowest BCUT2D eigenvalue weighted by Gasteiger charge is -2.18. The molecule has 2 aromatic carbocycles. The minimum absolute atomic E-state index is 0.102. The predicted molar refractivity (Wildman–Crippen MR) is 112 cm³/mol. The fourth-order valence-corrected chi connectivity index (χ4v) is 2.54. The number of nitro groups is 1. The number of benzene rings is 2. The molecule has 0 unspecified atom stereocenters. The molecule has 0 bridgehead atoms. The number of aryl methyl sites for hydroxylation is 1. The van der Waals surface area contributed by atoms with E-state index in [1.807, 2.05) is 0 Å². The first kappa shape index (κ1) is 22.7. The average Bonchev–Trinajstić information content (AvgIpc) is 2.66. The fraction of sp³-hybridized carbons (Fsp3) is 0.318. The molecule has 2 aromatic rings. The maximum atomic E-state index is 12.6. The Bertz CT molecular complexity index is 990. The Morgan fingerprint density at radius 3 is 2.10 bits per heavy atom. The summed E-state index contributed by atoms with van der Waals surface area (Å²) in [6.45, 7) is 8.35. The largest absolute Gasteiger partial charge is 0.451 e. The van der Waals surface area contributed by atoms with Gasteiger partial charge in [0.25, 0.3) is 5.69 Å². The summed E-state index contributed by atoms with van der Waals surface area (Å²) in [6, 6.07) is 10.2. The summed E-state index contributed by atoms with van der Waals surface area (Å²) in [5.74, 6) is -1.30. The van der Waals surface area contributed by atoms with Crippen LogP contribution in [0.1, 0.15) is 54.0 Å².